The van der Waals surface area contributed by atoms with Crippen LogP contribution in [0.2, 0.25) is 0 Å². The van der Waals surface area contributed by atoms with Crippen molar-refractivity contribution in [1.82, 2.24) is 4.90 Å². The monoisotopic (exact) mass is 246 g/mol. The molecule has 1 aliphatic heterocycles. The first-order chi connectivity index (χ1) is 8.79. The van der Waals surface area contributed by atoms with E-state index in [9.17, 15) is 0 Å². The van der Waals surface area contributed by atoms with Crippen LogP contribution >= 0.6 is 0 Å². The van der Waals surface area contributed by atoms with Crippen molar-refractivity contribution in [3.05, 3.63) is 35.9 Å². The molecule has 0 bridgehead atoms. The summed E-state index contributed by atoms with van der Waals surface area (Å²) in [4.78, 5) is 2.60. The van der Waals surface area contributed by atoms with E-state index in [4.69, 9.17) is 5.73 Å². The van der Waals surface area contributed by atoms with Gasteiger partial charge in [0.05, 0.1) is 0 Å². The molecule has 2 unspecified atom stereocenters. The zero-order chi connectivity index (χ0) is 12.8. The maximum atomic E-state index is 5.96. The van der Waals surface area contributed by atoms with E-state index < -0.39 is 0 Å². The van der Waals surface area contributed by atoms with Crippen molar-refractivity contribution < 1.29 is 0 Å². The van der Waals surface area contributed by atoms with E-state index in [1.807, 2.05) is 0 Å². The summed E-state index contributed by atoms with van der Waals surface area (Å²) in [7, 11) is 0. The number of benzene rings is 1. The molecule has 2 nitrogen and oxygen atoms in total. The summed E-state index contributed by atoms with van der Waals surface area (Å²) in [6, 6.07) is 11.3. The van der Waals surface area contributed by atoms with Crippen LogP contribution in [0.3, 0.4) is 0 Å². The number of hydrogen-bond donors (Lipinski definition) is 1. The fourth-order valence-electron chi connectivity index (χ4n) is 2.81. The van der Waals surface area contributed by atoms with Gasteiger partial charge in [-0.05, 0) is 50.3 Å². The van der Waals surface area contributed by atoms with E-state index >= 15 is 0 Å². The normalized spacial score (nSPS) is 22.2. The van der Waals surface area contributed by atoms with Gasteiger partial charge in [-0.15, -0.1) is 0 Å². The number of hydrogen-bond acceptors (Lipinski definition) is 2. The third kappa shape index (κ3) is 3.82. The summed E-state index contributed by atoms with van der Waals surface area (Å²) in [6.45, 7) is 5.87. The fraction of sp³-hybridized carbons (Fsp3) is 0.625. The van der Waals surface area contributed by atoms with E-state index in [1.54, 1.807) is 0 Å². The maximum Gasteiger partial charge on any atom is 0.00507 e. The van der Waals surface area contributed by atoms with Gasteiger partial charge in [-0.25, -0.2) is 0 Å². The van der Waals surface area contributed by atoms with Gasteiger partial charge in [-0.2, -0.15) is 0 Å². The van der Waals surface area contributed by atoms with Gasteiger partial charge < -0.3 is 10.6 Å². The number of likely N-dealkylation sites (tertiary alicyclic amines) is 1. The average molecular weight is 246 g/mol. The molecule has 2 rings (SSSR count). The molecule has 1 aliphatic rings. The highest BCUT2D eigenvalue weighted by Gasteiger charge is 2.22. The van der Waals surface area contributed by atoms with Crippen molar-refractivity contribution in [2.75, 3.05) is 19.6 Å². The zero-order valence-electron chi connectivity index (χ0n) is 11.5. The summed E-state index contributed by atoms with van der Waals surface area (Å²) >= 11 is 0. The second kappa shape index (κ2) is 6.91. The molecule has 1 saturated heterocycles. The zero-order valence-corrected chi connectivity index (χ0v) is 11.5. The standard InChI is InChI=1S/C16H26N2/c1-2-16(17)9-6-11-18-12-10-15(13-18)14-7-4-3-5-8-14/h3-5,7-8,15-16H,2,6,9-13,17H2,1H3. The van der Waals surface area contributed by atoms with Gasteiger partial charge in [0, 0.05) is 12.6 Å². The Hall–Kier alpha value is -0.860. The summed E-state index contributed by atoms with van der Waals surface area (Å²) in [6.07, 6.45) is 4.83. The summed E-state index contributed by atoms with van der Waals surface area (Å²) in [5.41, 5.74) is 7.46. The largest absolute Gasteiger partial charge is 0.328 e. The van der Waals surface area contributed by atoms with Crippen molar-refractivity contribution in [2.24, 2.45) is 5.73 Å². The Morgan fingerprint density at radius 2 is 2.11 bits per heavy atom. The molecule has 1 aromatic rings. The van der Waals surface area contributed by atoms with Crippen molar-refractivity contribution in [3.8, 4) is 0 Å². The summed E-state index contributed by atoms with van der Waals surface area (Å²) in [5.74, 6) is 0.742. The van der Waals surface area contributed by atoms with E-state index in [1.165, 1.54) is 44.5 Å². The lowest BCUT2D eigenvalue weighted by Gasteiger charge is -2.17. The Morgan fingerprint density at radius 1 is 1.33 bits per heavy atom. The number of nitrogens with two attached hydrogens (primary N) is 1. The molecular formula is C16H26N2. The topological polar surface area (TPSA) is 29.3 Å². The van der Waals surface area contributed by atoms with Crippen LogP contribution in [0, 0.1) is 0 Å². The maximum absolute atomic E-state index is 5.96. The molecule has 2 heteroatoms. The lowest BCUT2D eigenvalue weighted by Crippen LogP contribution is -2.25. The van der Waals surface area contributed by atoms with E-state index in [-0.39, 0.29) is 0 Å². The Labute approximate surface area is 111 Å². The minimum absolute atomic E-state index is 0.400. The molecule has 0 amide bonds. The van der Waals surface area contributed by atoms with Gasteiger partial charge in [0.2, 0.25) is 0 Å². The van der Waals surface area contributed by atoms with Gasteiger partial charge in [-0.1, -0.05) is 37.3 Å². The third-order valence-electron chi connectivity index (χ3n) is 4.12. The SMILES string of the molecule is CCC(N)CCCN1CCC(c2ccccc2)C1. The van der Waals surface area contributed by atoms with Crippen LogP contribution in [0.1, 0.15) is 44.1 Å². The van der Waals surface area contributed by atoms with Gasteiger partial charge in [0.1, 0.15) is 0 Å². The fourth-order valence-corrected chi connectivity index (χ4v) is 2.81. The van der Waals surface area contributed by atoms with Crippen LogP contribution in [0.4, 0.5) is 0 Å². The van der Waals surface area contributed by atoms with Crippen LogP contribution < -0.4 is 5.73 Å². The van der Waals surface area contributed by atoms with Crippen molar-refractivity contribution in [2.45, 2.75) is 44.6 Å². The Bertz CT molecular complexity index is 336. The minimum atomic E-state index is 0.400. The lowest BCUT2D eigenvalue weighted by molar-refractivity contribution is 0.320. The Kier molecular flexibility index (Phi) is 5.21. The van der Waals surface area contributed by atoms with Gasteiger partial charge in [-0.3, -0.25) is 0 Å². The molecule has 1 aromatic carbocycles. The van der Waals surface area contributed by atoms with Crippen LogP contribution in [0.25, 0.3) is 0 Å². The van der Waals surface area contributed by atoms with E-state index in [2.05, 4.69) is 42.2 Å². The molecule has 0 aromatic heterocycles. The number of nitrogens with zero attached hydrogens (tertiary/aromatic N) is 1. The van der Waals surface area contributed by atoms with Crippen LogP contribution in [-0.2, 0) is 0 Å². The number of rotatable bonds is 6. The first-order valence-electron chi connectivity index (χ1n) is 7.32. The van der Waals surface area contributed by atoms with Crippen molar-refractivity contribution >= 4 is 0 Å². The summed E-state index contributed by atoms with van der Waals surface area (Å²) < 4.78 is 0. The van der Waals surface area contributed by atoms with Crippen LogP contribution in [-0.4, -0.2) is 30.6 Å². The smallest absolute Gasteiger partial charge is 0.00507 e. The Balaban J connectivity index is 1.72. The lowest BCUT2D eigenvalue weighted by atomic mass is 9.99. The van der Waals surface area contributed by atoms with Crippen LogP contribution in [0.5, 0.6) is 0 Å². The average Bonchev–Trinajstić information content (AvgIpc) is 2.88. The van der Waals surface area contributed by atoms with Crippen molar-refractivity contribution in [1.29, 1.82) is 0 Å². The van der Waals surface area contributed by atoms with E-state index in [0.717, 1.165) is 12.3 Å². The molecule has 1 fully saturated rings. The van der Waals surface area contributed by atoms with Crippen molar-refractivity contribution in [3.63, 3.8) is 0 Å². The highest BCUT2D eigenvalue weighted by Crippen LogP contribution is 2.26. The third-order valence-corrected chi connectivity index (χ3v) is 4.12. The molecule has 2 N–H and O–H groups in total. The molecule has 1 heterocycles. The molecule has 0 radical (unpaired) electrons. The molecule has 0 aliphatic carbocycles. The molecule has 2 atom stereocenters. The minimum Gasteiger partial charge on any atom is -0.328 e. The molecular weight excluding hydrogens is 220 g/mol. The first-order valence-corrected chi connectivity index (χ1v) is 7.32. The molecule has 0 saturated carbocycles. The highest BCUT2D eigenvalue weighted by molar-refractivity contribution is 5.20. The van der Waals surface area contributed by atoms with Gasteiger partial charge in [0.15, 0.2) is 0 Å². The van der Waals surface area contributed by atoms with E-state index in [0.29, 0.717) is 6.04 Å². The Morgan fingerprint density at radius 3 is 2.83 bits per heavy atom. The quantitative estimate of drug-likeness (QED) is 0.836. The first kappa shape index (κ1) is 13.6. The summed E-state index contributed by atoms with van der Waals surface area (Å²) in [5, 5.41) is 0. The molecule has 0 spiro atoms. The molecule has 18 heavy (non-hydrogen) atoms. The van der Waals surface area contributed by atoms with Crippen LogP contribution in [0.15, 0.2) is 30.3 Å². The second-order valence-corrected chi connectivity index (χ2v) is 5.51. The van der Waals surface area contributed by atoms with Gasteiger partial charge >= 0.3 is 0 Å². The predicted octanol–water partition coefficient (Wildman–Crippen LogP) is 2.99. The highest BCUT2D eigenvalue weighted by atomic mass is 15.1. The molecule has 100 valence electrons. The second-order valence-electron chi connectivity index (χ2n) is 5.51. The van der Waals surface area contributed by atoms with Gasteiger partial charge in [0.25, 0.3) is 0 Å². The predicted molar refractivity (Wildman–Crippen MR) is 77.7 cm³/mol.